The second-order valence-electron chi connectivity index (χ2n) is 6.62. The van der Waals surface area contributed by atoms with Crippen LogP contribution in [-0.2, 0) is 0 Å². The van der Waals surface area contributed by atoms with Crippen molar-refractivity contribution in [2.45, 2.75) is 102 Å². The molecule has 0 saturated carbocycles. The topological polar surface area (TPSA) is 48.8 Å². The molecule has 0 spiro atoms. The Bertz CT molecular complexity index is 319. The molecular weight excluding hydrogens is 381 g/mol. The van der Waals surface area contributed by atoms with Crippen molar-refractivity contribution in [1.82, 2.24) is 0 Å². The van der Waals surface area contributed by atoms with Crippen LogP contribution in [0.15, 0.2) is 5.11 Å². The molecule has 0 fully saturated rings. The number of unbranched alkanes of at least 4 members (excludes halogenated alkanes) is 14. The molecule has 0 aromatic rings. The Morgan fingerprint density at radius 3 is 1.25 bits per heavy atom. The summed E-state index contributed by atoms with van der Waals surface area (Å²) in [5.41, 5.74) is 8.16. The van der Waals surface area contributed by atoms with Gasteiger partial charge in [0.15, 0.2) is 0 Å². The molecule has 0 aliphatic rings. The lowest BCUT2D eigenvalue weighted by atomic mass is 10.0. The summed E-state index contributed by atoms with van der Waals surface area (Å²) in [6, 6.07) is -1.56. The van der Waals surface area contributed by atoms with Crippen LogP contribution in [0.5, 0.6) is 0 Å². The van der Waals surface area contributed by atoms with Crippen LogP contribution in [0.3, 0.4) is 0 Å². The highest BCUT2D eigenvalue weighted by Crippen LogP contribution is 2.27. The monoisotopic (exact) mass is 413 g/mol. The van der Waals surface area contributed by atoms with Gasteiger partial charge in [-0.25, -0.2) is 0 Å². The number of rotatable bonds is 18. The average molecular weight is 415 g/mol. The molecule has 0 N–H and O–H groups in total. The van der Waals surface area contributed by atoms with E-state index in [1.54, 1.807) is 0 Å². The van der Waals surface area contributed by atoms with Crippen LogP contribution >= 0.6 is 33.2 Å². The SMILES string of the molecule is [N-]=[N+]=NCCCCCCCCCCCCCCCCC[Si](Cl)(Cl)Cl. The van der Waals surface area contributed by atoms with E-state index in [4.69, 9.17) is 38.8 Å². The van der Waals surface area contributed by atoms with E-state index in [9.17, 15) is 0 Å². The van der Waals surface area contributed by atoms with Gasteiger partial charge in [0, 0.05) is 11.5 Å². The summed E-state index contributed by atoms with van der Waals surface area (Å²) in [4.78, 5) is 2.76. The normalized spacial score (nSPS) is 11.5. The Morgan fingerprint density at radius 2 is 0.917 bits per heavy atom. The smallest absolute Gasteiger partial charge is 0.126 e. The fraction of sp³-hybridized carbons (Fsp3) is 1.00. The molecule has 0 heterocycles. The lowest BCUT2D eigenvalue weighted by Crippen LogP contribution is -2.07. The maximum Gasteiger partial charge on any atom is 0.341 e. The van der Waals surface area contributed by atoms with Crippen LogP contribution < -0.4 is 0 Å². The highest BCUT2D eigenvalue weighted by atomic mass is 35.8. The molecule has 3 nitrogen and oxygen atoms in total. The third-order valence-electron chi connectivity index (χ3n) is 4.28. The maximum absolute atomic E-state index is 8.16. The van der Waals surface area contributed by atoms with Gasteiger partial charge in [0.1, 0.15) is 0 Å². The van der Waals surface area contributed by atoms with E-state index in [-0.39, 0.29) is 0 Å². The summed E-state index contributed by atoms with van der Waals surface area (Å²) >= 11 is 17.6. The lowest BCUT2D eigenvalue weighted by molar-refractivity contribution is 0.533. The molecule has 7 heteroatoms. The molecule has 0 aliphatic carbocycles. The first-order valence-corrected chi connectivity index (χ1v) is 14.9. The minimum atomic E-state index is -2.37. The molecule has 0 aromatic carbocycles. The van der Waals surface area contributed by atoms with Gasteiger partial charge in [0.05, 0.1) is 0 Å². The van der Waals surface area contributed by atoms with Crippen LogP contribution in [0.2, 0.25) is 6.04 Å². The fourth-order valence-electron chi connectivity index (χ4n) is 2.85. The minimum absolute atomic E-state index is 0.658. The summed E-state index contributed by atoms with van der Waals surface area (Å²) in [6.07, 6.45) is 19.4. The molecule has 142 valence electrons. The quantitative estimate of drug-likeness (QED) is 0.0537. The van der Waals surface area contributed by atoms with Gasteiger partial charge in [-0.05, 0) is 18.0 Å². The van der Waals surface area contributed by atoms with Crippen molar-refractivity contribution in [3.63, 3.8) is 0 Å². The number of halogens is 3. The van der Waals surface area contributed by atoms with Gasteiger partial charge in [-0.1, -0.05) is 95.0 Å². The maximum atomic E-state index is 8.16. The third kappa shape index (κ3) is 22.4. The zero-order valence-electron chi connectivity index (χ0n) is 15.0. The standard InChI is InChI=1S/C17H34Cl3N3Si/c18-24(19,20)17-15-13-11-9-7-5-3-1-2-4-6-8-10-12-14-16-22-23-21/h1-17H2. The molecular formula is C17H34Cl3N3Si. The Labute approximate surface area is 163 Å². The largest absolute Gasteiger partial charge is 0.341 e. The third-order valence-corrected chi connectivity index (χ3v) is 6.90. The van der Waals surface area contributed by atoms with Gasteiger partial charge in [0.2, 0.25) is 0 Å². The number of hydrogen-bond acceptors (Lipinski definition) is 1. The molecule has 24 heavy (non-hydrogen) atoms. The summed E-state index contributed by atoms with van der Waals surface area (Å²) in [6.45, 7) is 0.658. The number of hydrogen-bond donors (Lipinski definition) is 0. The molecule has 0 amide bonds. The van der Waals surface area contributed by atoms with E-state index < -0.39 is 6.00 Å². The summed E-state index contributed by atoms with van der Waals surface area (Å²) < 4.78 is 0. The van der Waals surface area contributed by atoms with Crippen molar-refractivity contribution in [1.29, 1.82) is 0 Å². The van der Waals surface area contributed by atoms with E-state index in [2.05, 4.69) is 10.0 Å². The first-order valence-electron chi connectivity index (χ1n) is 9.64. The molecule has 0 bridgehead atoms. The first kappa shape index (κ1) is 24.4. The zero-order chi connectivity index (χ0) is 17.9. The highest BCUT2D eigenvalue weighted by molar-refractivity contribution is 7.64. The summed E-state index contributed by atoms with van der Waals surface area (Å²) in [5, 5.41) is 3.55. The predicted molar refractivity (Wildman–Crippen MR) is 111 cm³/mol. The average Bonchev–Trinajstić information content (AvgIpc) is 2.52. The molecule has 0 unspecified atom stereocenters. The van der Waals surface area contributed by atoms with Crippen LogP contribution in [0.1, 0.15) is 96.3 Å². The van der Waals surface area contributed by atoms with E-state index in [1.165, 1.54) is 83.5 Å². The van der Waals surface area contributed by atoms with Crippen LogP contribution in [0, 0.1) is 0 Å². The number of nitrogens with zero attached hydrogens (tertiary/aromatic N) is 3. The van der Waals surface area contributed by atoms with E-state index >= 15 is 0 Å². The van der Waals surface area contributed by atoms with Crippen LogP contribution in [0.25, 0.3) is 10.4 Å². The first-order chi connectivity index (χ1) is 11.6. The van der Waals surface area contributed by atoms with Crippen molar-refractivity contribution in [3.05, 3.63) is 10.4 Å². The summed E-state index contributed by atoms with van der Waals surface area (Å²) in [7, 11) is 0. The second kappa shape index (κ2) is 18.2. The molecule has 0 aromatic heterocycles. The van der Waals surface area contributed by atoms with Gasteiger partial charge in [0.25, 0.3) is 0 Å². The molecule has 0 aliphatic heterocycles. The van der Waals surface area contributed by atoms with Crippen LogP contribution in [-0.4, -0.2) is 12.5 Å². The predicted octanol–water partition coefficient (Wildman–Crippen LogP) is 8.80. The van der Waals surface area contributed by atoms with E-state index in [0.717, 1.165) is 18.9 Å². The second-order valence-corrected chi connectivity index (χ2v) is 15.9. The lowest BCUT2D eigenvalue weighted by Gasteiger charge is -2.07. The Balaban J connectivity index is 3.04. The van der Waals surface area contributed by atoms with Gasteiger partial charge in [-0.3, -0.25) is 0 Å². The van der Waals surface area contributed by atoms with Gasteiger partial charge >= 0.3 is 6.00 Å². The zero-order valence-corrected chi connectivity index (χ0v) is 18.3. The molecule has 0 saturated heterocycles. The van der Waals surface area contributed by atoms with E-state index in [0.29, 0.717) is 6.54 Å². The van der Waals surface area contributed by atoms with Crippen molar-refractivity contribution in [2.24, 2.45) is 5.11 Å². The molecule has 0 radical (unpaired) electrons. The van der Waals surface area contributed by atoms with Crippen molar-refractivity contribution in [3.8, 4) is 0 Å². The Hall–Kier alpha value is 0.397. The fourth-order valence-corrected chi connectivity index (χ4v) is 4.70. The van der Waals surface area contributed by atoms with Crippen LogP contribution in [0.4, 0.5) is 0 Å². The Morgan fingerprint density at radius 1 is 0.583 bits per heavy atom. The molecule has 0 rings (SSSR count). The molecule has 0 atom stereocenters. The number of azide groups is 1. The van der Waals surface area contributed by atoms with Gasteiger partial charge in [-0.15, -0.1) is 33.2 Å². The van der Waals surface area contributed by atoms with Crippen molar-refractivity contribution < 1.29 is 0 Å². The summed E-state index contributed by atoms with van der Waals surface area (Å²) in [5.74, 6) is 0. The minimum Gasteiger partial charge on any atom is -0.126 e. The van der Waals surface area contributed by atoms with Crippen molar-refractivity contribution in [2.75, 3.05) is 6.54 Å². The van der Waals surface area contributed by atoms with Crippen molar-refractivity contribution >= 4 is 39.2 Å². The highest BCUT2D eigenvalue weighted by Gasteiger charge is 2.23. The van der Waals surface area contributed by atoms with Gasteiger partial charge < -0.3 is 0 Å². The Kier molecular flexibility index (Phi) is 18.5. The van der Waals surface area contributed by atoms with E-state index in [1.807, 2.05) is 0 Å². The van der Waals surface area contributed by atoms with Gasteiger partial charge in [-0.2, -0.15) is 0 Å².